The van der Waals surface area contributed by atoms with Crippen molar-refractivity contribution in [2.45, 2.75) is 103 Å². The van der Waals surface area contributed by atoms with Crippen molar-refractivity contribution in [1.82, 2.24) is 0 Å². The zero-order valence-electron chi connectivity index (χ0n) is 18.4. The topological polar surface area (TPSA) is 66.8 Å². The summed E-state index contributed by atoms with van der Waals surface area (Å²) in [5.41, 5.74) is 0.0787. The first-order valence-corrected chi connectivity index (χ1v) is 12.0. The number of cyclic esters (lactones) is 1. The number of fused-ring (bicyclic) bond motifs is 5. The Morgan fingerprint density at radius 1 is 1.03 bits per heavy atom. The van der Waals surface area contributed by atoms with Gasteiger partial charge in [-0.3, -0.25) is 4.79 Å². The summed E-state index contributed by atoms with van der Waals surface area (Å²) in [5, 5.41) is 23.2. The number of hydrogen-bond acceptors (Lipinski definition) is 4. The van der Waals surface area contributed by atoms with Crippen molar-refractivity contribution in [2.24, 2.45) is 34.5 Å². The van der Waals surface area contributed by atoms with Crippen molar-refractivity contribution in [3.8, 4) is 0 Å². The Balaban J connectivity index is 1.43. The average molecular weight is 403 g/mol. The second-order valence-electron chi connectivity index (χ2n) is 11.6. The van der Waals surface area contributed by atoms with Gasteiger partial charge in [-0.1, -0.05) is 20.8 Å². The monoisotopic (exact) mass is 402 g/mol. The van der Waals surface area contributed by atoms with Crippen LogP contribution in [0.2, 0.25) is 0 Å². The van der Waals surface area contributed by atoms with E-state index in [0.29, 0.717) is 24.2 Å². The van der Waals surface area contributed by atoms with Crippen molar-refractivity contribution in [3.05, 3.63) is 11.8 Å². The normalized spacial score (nSPS) is 54.2. The van der Waals surface area contributed by atoms with Gasteiger partial charge in [0.2, 0.25) is 0 Å². The first-order valence-electron chi connectivity index (χ1n) is 12.0. The number of ether oxygens (including phenoxy) is 1. The molecule has 0 aromatic rings. The summed E-state index contributed by atoms with van der Waals surface area (Å²) in [6, 6.07) is 0. The van der Waals surface area contributed by atoms with Crippen LogP contribution in [-0.4, -0.2) is 27.4 Å². The van der Waals surface area contributed by atoms with Gasteiger partial charge in [-0.25, -0.2) is 0 Å². The average Bonchev–Trinajstić information content (AvgIpc) is 3.23. The Bertz CT molecular complexity index is 745. The Morgan fingerprint density at radius 3 is 2.52 bits per heavy atom. The van der Waals surface area contributed by atoms with E-state index in [9.17, 15) is 15.0 Å². The van der Waals surface area contributed by atoms with Crippen molar-refractivity contribution < 1.29 is 19.7 Å². The third kappa shape index (κ3) is 2.60. The summed E-state index contributed by atoms with van der Waals surface area (Å²) in [5.74, 6) is 1.60. The highest BCUT2D eigenvalue weighted by Crippen LogP contribution is 2.70. The molecular formula is C25H38O4. The minimum atomic E-state index is -0.639. The predicted octanol–water partition coefficient (Wildman–Crippen LogP) is 4.73. The number of carbonyl (C=O) groups excluding carboxylic acids is 1. The Morgan fingerprint density at radius 2 is 1.83 bits per heavy atom. The number of rotatable bonds is 2. The lowest BCUT2D eigenvalue weighted by Crippen LogP contribution is -2.63. The highest BCUT2D eigenvalue weighted by atomic mass is 16.5. The molecule has 162 valence electrons. The summed E-state index contributed by atoms with van der Waals surface area (Å²) in [6.45, 7) is 6.87. The van der Waals surface area contributed by atoms with Gasteiger partial charge in [-0.05, 0) is 98.9 Å². The van der Waals surface area contributed by atoms with E-state index in [4.69, 9.17) is 4.74 Å². The van der Waals surface area contributed by atoms with E-state index in [2.05, 4.69) is 20.8 Å². The van der Waals surface area contributed by atoms with Crippen molar-refractivity contribution in [1.29, 1.82) is 0 Å². The molecular weight excluding hydrogens is 364 g/mol. The first kappa shape index (κ1) is 20.1. The minimum Gasteiger partial charge on any atom is -0.434 e. The van der Waals surface area contributed by atoms with E-state index < -0.39 is 11.2 Å². The highest BCUT2D eigenvalue weighted by molar-refractivity contribution is 5.76. The minimum absolute atomic E-state index is 0.147. The molecule has 0 amide bonds. The third-order valence-corrected chi connectivity index (χ3v) is 10.8. The van der Waals surface area contributed by atoms with E-state index in [1.54, 1.807) is 6.26 Å². The zero-order chi connectivity index (χ0) is 20.7. The van der Waals surface area contributed by atoms with Gasteiger partial charge in [0.25, 0.3) is 0 Å². The molecule has 0 saturated heterocycles. The molecule has 0 spiro atoms. The summed E-state index contributed by atoms with van der Waals surface area (Å²) in [7, 11) is 0. The number of carbonyl (C=O) groups is 1. The van der Waals surface area contributed by atoms with Crippen LogP contribution in [-0.2, 0) is 9.53 Å². The Hall–Kier alpha value is -0.870. The molecule has 2 N–H and O–H groups in total. The zero-order valence-corrected chi connectivity index (χ0v) is 18.4. The maximum atomic E-state index is 12.2. The lowest BCUT2D eigenvalue weighted by atomic mass is 9.42. The maximum Gasteiger partial charge on any atom is 0.314 e. The van der Waals surface area contributed by atoms with Crippen LogP contribution >= 0.6 is 0 Å². The van der Waals surface area contributed by atoms with Gasteiger partial charge in [0.1, 0.15) is 0 Å². The molecule has 1 aliphatic heterocycles. The molecule has 0 radical (unpaired) electrons. The van der Waals surface area contributed by atoms with Crippen LogP contribution in [0.25, 0.3) is 0 Å². The van der Waals surface area contributed by atoms with E-state index >= 15 is 0 Å². The van der Waals surface area contributed by atoms with Crippen molar-refractivity contribution >= 4 is 5.97 Å². The fourth-order valence-corrected chi connectivity index (χ4v) is 8.80. The van der Waals surface area contributed by atoms with Crippen LogP contribution < -0.4 is 0 Å². The second-order valence-corrected chi connectivity index (χ2v) is 11.6. The molecule has 4 nitrogen and oxygen atoms in total. The van der Waals surface area contributed by atoms with Crippen LogP contribution in [0, 0.1) is 34.5 Å². The molecule has 5 aliphatic rings. The molecule has 0 aromatic heterocycles. The maximum absolute atomic E-state index is 12.2. The predicted molar refractivity (Wildman–Crippen MR) is 111 cm³/mol. The molecule has 4 saturated carbocycles. The van der Waals surface area contributed by atoms with Crippen LogP contribution in [0.3, 0.4) is 0 Å². The molecule has 0 bridgehead atoms. The van der Waals surface area contributed by atoms with Gasteiger partial charge in [-0.15, -0.1) is 0 Å². The molecule has 5 rings (SSSR count). The second kappa shape index (κ2) is 6.32. The van der Waals surface area contributed by atoms with Crippen LogP contribution in [0.1, 0.15) is 91.4 Å². The van der Waals surface area contributed by atoms with Gasteiger partial charge in [-0.2, -0.15) is 0 Å². The first-order chi connectivity index (χ1) is 13.7. The molecule has 4 aliphatic carbocycles. The Kier molecular flexibility index (Phi) is 4.37. The lowest BCUT2D eigenvalue weighted by Gasteiger charge is -2.64. The molecule has 4 fully saturated rings. The molecule has 29 heavy (non-hydrogen) atoms. The highest BCUT2D eigenvalue weighted by Gasteiger charge is 2.68. The van der Waals surface area contributed by atoms with E-state index in [1.165, 1.54) is 6.42 Å². The van der Waals surface area contributed by atoms with Crippen LogP contribution in [0.5, 0.6) is 0 Å². The number of hydrogen-bond donors (Lipinski definition) is 2. The smallest absolute Gasteiger partial charge is 0.314 e. The van der Waals surface area contributed by atoms with E-state index in [1.807, 2.05) is 0 Å². The van der Waals surface area contributed by atoms with Crippen molar-refractivity contribution in [2.75, 3.05) is 0 Å². The van der Waals surface area contributed by atoms with Crippen molar-refractivity contribution in [3.63, 3.8) is 0 Å². The van der Waals surface area contributed by atoms with Gasteiger partial charge in [0.15, 0.2) is 0 Å². The summed E-state index contributed by atoms with van der Waals surface area (Å²) in [4.78, 5) is 11.7. The van der Waals surface area contributed by atoms with Gasteiger partial charge in [0.05, 0.1) is 23.9 Å². The molecule has 8 atom stereocenters. The molecule has 0 aromatic carbocycles. The fourth-order valence-electron chi connectivity index (χ4n) is 8.80. The van der Waals surface area contributed by atoms with Gasteiger partial charge < -0.3 is 14.9 Å². The largest absolute Gasteiger partial charge is 0.434 e. The summed E-state index contributed by atoms with van der Waals surface area (Å²) < 4.78 is 5.15. The summed E-state index contributed by atoms with van der Waals surface area (Å²) in [6.07, 6.45) is 12.1. The SMILES string of the molecule is CCC1(O)CC[C@@]2(C)[C@H](CC[C@@H]3[C@@H]2CC[C@]2(C)[C@@H](C4=COC(=O)C4)CC[C@]32O)C1. The lowest BCUT2D eigenvalue weighted by molar-refractivity contribution is -0.215. The van der Waals surface area contributed by atoms with Crippen LogP contribution in [0.15, 0.2) is 11.8 Å². The summed E-state index contributed by atoms with van der Waals surface area (Å²) >= 11 is 0. The molecule has 1 heterocycles. The number of aliphatic hydroxyl groups is 2. The van der Waals surface area contributed by atoms with Gasteiger partial charge >= 0.3 is 5.97 Å². The third-order valence-electron chi connectivity index (χ3n) is 10.8. The quantitative estimate of drug-likeness (QED) is 0.655. The molecule has 1 unspecified atom stereocenters. The number of esters is 1. The van der Waals surface area contributed by atoms with Crippen LogP contribution in [0.4, 0.5) is 0 Å². The van der Waals surface area contributed by atoms with E-state index in [-0.39, 0.29) is 22.7 Å². The fraction of sp³-hybridized carbons (Fsp3) is 0.880. The molecule has 4 heteroatoms. The van der Waals surface area contributed by atoms with Gasteiger partial charge in [0, 0.05) is 5.41 Å². The van der Waals surface area contributed by atoms with E-state index in [0.717, 1.165) is 63.4 Å². The Labute approximate surface area is 175 Å². The standard InChI is InChI=1S/C25H38O4/c1-4-24(27)12-11-22(2)17(14-24)5-6-20-19(22)7-9-23(3)18(8-10-25(20,23)28)16-13-21(26)29-15-16/h15,17-20,27-28H,4-14H2,1-3H3/t17-,18-,19+,20-,22+,23-,24?,25+/m1/s1.